The molecule has 0 aliphatic heterocycles. The molecule has 1 saturated carbocycles. The summed E-state index contributed by atoms with van der Waals surface area (Å²) in [6.07, 6.45) is 6.61. The van der Waals surface area contributed by atoms with Gasteiger partial charge < -0.3 is 0 Å². The van der Waals surface area contributed by atoms with Crippen molar-refractivity contribution in [2.45, 2.75) is 65.2 Å². The molecule has 0 heterocycles. The molecule has 1 atom stereocenters. The van der Waals surface area contributed by atoms with Crippen molar-refractivity contribution in [2.24, 2.45) is 17.3 Å². The Morgan fingerprint density at radius 2 is 1.64 bits per heavy atom. The van der Waals surface area contributed by atoms with Gasteiger partial charge in [-0.1, -0.05) is 27.7 Å². The normalized spacial score (nSPS) is 31.5. The van der Waals surface area contributed by atoms with Crippen molar-refractivity contribution in [3.05, 3.63) is 0 Å². The Kier molecular flexibility index (Phi) is 4.30. The number of hydrogen-bond donors (Lipinski definition) is 0. The van der Waals surface area contributed by atoms with Crippen LogP contribution in [0.4, 0.5) is 0 Å². The van der Waals surface area contributed by atoms with E-state index in [0.717, 1.165) is 18.3 Å². The van der Waals surface area contributed by atoms with Crippen molar-refractivity contribution in [3.63, 3.8) is 0 Å². The first-order chi connectivity index (χ1) is 6.45. The van der Waals surface area contributed by atoms with Crippen molar-refractivity contribution in [1.82, 2.24) is 0 Å². The van der Waals surface area contributed by atoms with E-state index in [0.29, 0.717) is 10.8 Å². The molecule has 0 nitrogen and oxygen atoms in total. The summed E-state index contributed by atoms with van der Waals surface area (Å²) in [4.78, 5) is 0. The highest BCUT2D eigenvalue weighted by Crippen LogP contribution is 2.41. The summed E-state index contributed by atoms with van der Waals surface area (Å²) in [6, 6.07) is 0. The van der Waals surface area contributed by atoms with Crippen molar-refractivity contribution in [1.29, 1.82) is 0 Å². The maximum atomic E-state index is 6.31. The zero-order valence-corrected chi connectivity index (χ0v) is 10.9. The second-order valence-electron chi connectivity index (χ2n) is 5.90. The standard InChI is InChI=1S/C13H25Cl/c1-5-12(14)10-6-8-11(9-7-10)13(2,3)4/h10-12H,5-9H2,1-4H3. The topological polar surface area (TPSA) is 0 Å². The molecular weight excluding hydrogens is 192 g/mol. The molecule has 0 aromatic carbocycles. The second-order valence-corrected chi connectivity index (χ2v) is 6.46. The summed E-state index contributed by atoms with van der Waals surface area (Å²) in [5.74, 6) is 1.71. The number of rotatable bonds is 2. The van der Waals surface area contributed by atoms with E-state index >= 15 is 0 Å². The van der Waals surface area contributed by atoms with Crippen LogP contribution in [0.2, 0.25) is 0 Å². The van der Waals surface area contributed by atoms with Crippen molar-refractivity contribution >= 4 is 11.6 Å². The molecule has 14 heavy (non-hydrogen) atoms. The smallest absolute Gasteiger partial charge is 0.0361 e. The minimum atomic E-state index is 0.427. The zero-order valence-electron chi connectivity index (χ0n) is 10.1. The van der Waals surface area contributed by atoms with Crippen LogP contribution in [0.5, 0.6) is 0 Å². The van der Waals surface area contributed by atoms with Crippen LogP contribution < -0.4 is 0 Å². The Bertz CT molecular complexity index is 161. The molecule has 0 saturated heterocycles. The van der Waals surface area contributed by atoms with Crippen LogP contribution in [0.1, 0.15) is 59.8 Å². The average molecular weight is 217 g/mol. The highest BCUT2D eigenvalue weighted by atomic mass is 35.5. The second kappa shape index (κ2) is 4.88. The molecule has 0 aromatic heterocycles. The van der Waals surface area contributed by atoms with Crippen LogP contribution in [0.15, 0.2) is 0 Å². The molecule has 1 fully saturated rings. The zero-order chi connectivity index (χ0) is 10.8. The molecule has 84 valence electrons. The monoisotopic (exact) mass is 216 g/mol. The third-order valence-corrected chi connectivity index (χ3v) is 4.56. The van der Waals surface area contributed by atoms with Gasteiger partial charge in [0.05, 0.1) is 0 Å². The number of halogens is 1. The van der Waals surface area contributed by atoms with Crippen LogP contribution in [-0.2, 0) is 0 Å². The summed E-state index contributed by atoms with van der Waals surface area (Å²) >= 11 is 6.31. The Hall–Kier alpha value is 0.290. The molecule has 0 radical (unpaired) electrons. The molecule has 0 spiro atoms. The Morgan fingerprint density at radius 1 is 1.14 bits per heavy atom. The predicted molar refractivity (Wildman–Crippen MR) is 64.8 cm³/mol. The van der Waals surface area contributed by atoms with Crippen LogP contribution in [0.3, 0.4) is 0 Å². The summed E-state index contributed by atoms with van der Waals surface area (Å²) in [5.41, 5.74) is 0.499. The molecular formula is C13H25Cl. The first kappa shape index (κ1) is 12.4. The van der Waals surface area contributed by atoms with Gasteiger partial charge in [0, 0.05) is 5.38 Å². The van der Waals surface area contributed by atoms with E-state index in [2.05, 4.69) is 27.7 Å². The summed E-state index contributed by atoms with van der Waals surface area (Å²) < 4.78 is 0. The van der Waals surface area contributed by atoms with E-state index in [1.54, 1.807) is 0 Å². The summed E-state index contributed by atoms with van der Waals surface area (Å²) in [5, 5.41) is 0.427. The fourth-order valence-corrected chi connectivity index (χ4v) is 2.93. The van der Waals surface area contributed by atoms with Gasteiger partial charge in [0.15, 0.2) is 0 Å². The molecule has 1 heteroatoms. The van der Waals surface area contributed by atoms with Gasteiger partial charge in [0.2, 0.25) is 0 Å². The van der Waals surface area contributed by atoms with E-state index < -0.39 is 0 Å². The van der Waals surface area contributed by atoms with Crippen molar-refractivity contribution in [2.75, 3.05) is 0 Å². The molecule has 1 aliphatic rings. The molecule has 0 amide bonds. The summed E-state index contributed by atoms with van der Waals surface area (Å²) in [7, 11) is 0. The fraction of sp³-hybridized carbons (Fsp3) is 1.00. The van der Waals surface area contributed by atoms with Crippen LogP contribution in [0.25, 0.3) is 0 Å². The van der Waals surface area contributed by atoms with E-state index in [1.807, 2.05) is 0 Å². The highest BCUT2D eigenvalue weighted by molar-refractivity contribution is 6.20. The molecule has 1 rings (SSSR count). The van der Waals surface area contributed by atoms with Gasteiger partial charge in [-0.3, -0.25) is 0 Å². The van der Waals surface area contributed by atoms with Crippen molar-refractivity contribution < 1.29 is 0 Å². The number of hydrogen-bond acceptors (Lipinski definition) is 0. The Labute approximate surface area is 94.4 Å². The van der Waals surface area contributed by atoms with Gasteiger partial charge in [-0.25, -0.2) is 0 Å². The highest BCUT2D eigenvalue weighted by Gasteiger charge is 2.31. The van der Waals surface area contributed by atoms with Crippen molar-refractivity contribution in [3.8, 4) is 0 Å². The first-order valence-corrected chi connectivity index (χ1v) is 6.53. The van der Waals surface area contributed by atoms with E-state index in [9.17, 15) is 0 Å². The lowest BCUT2D eigenvalue weighted by Crippen LogP contribution is -2.28. The third-order valence-electron chi connectivity index (χ3n) is 3.90. The first-order valence-electron chi connectivity index (χ1n) is 6.09. The maximum absolute atomic E-state index is 6.31. The molecule has 0 N–H and O–H groups in total. The fourth-order valence-electron chi connectivity index (χ4n) is 2.68. The molecule has 0 aromatic rings. The van der Waals surface area contributed by atoms with Gasteiger partial charge in [0.25, 0.3) is 0 Å². The largest absolute Gasteiger partial charge is 0.123 e. The Morgan fingerprint density at radius 3 is 2.00 bits per heavy atom. The van der Waals surface area contributed by atoms with Gasteiger partial charge in [0.1, 0.15) is 0 Å². The maximum Gasteiger partial charge on any atom is 0.0361 e. The van der Waals surface area contributed by atoms with E-state index in [1.165, 1.54) is 25.7 Å². The lowest BCUT2D eigenvalue weighted by molar-refractivity contribution is 0.147. The number of alkyl halides is 1. The van der Waals surface area contributed by atoms with Crippen LogP contribution >= 0.6 is 11.6 Å². The SMILES string of the molecule is CCC(Cl)C1CCC(C(C)(C)C)CC1. The Balaban J connectivity index is 2.39. The van der Waals surface area contributed by atoms with Gasteiger partial charge in [-0.05, 0) is 49.4 Å². The van der Waals surface area contributed by atoms with E-state index in [4.69, 9.17) is 11.6 Å². The van der Waals surface area contributed by atoms with E-state index in [-0.39, 0.29) is 0 Å². The molecule has 0 bridgehead atoms. The minimum absolute atomic E-state index is 0.427. The summed E-state index contributed by atoms with van der Waals surface area (Å²) in [6.45, 7) is 9.31. The minimum Gasteiger partial charge on any atom is -0.123 e. The predicted octanol–water partition coefficient (Wildman–Crippen LogP) is 4.86. The van der Waals surface area contributed by atoms with Crippen LogP contribution in [0, 0.1) is 17.3 Å². The van der Waals surface area contributed by atoms with Crippen LogP contribution in [-0.4, -0.2) is 5.38 Å². The lowest BCUT2D eigenvalue weighted by atomic mass is 9.69. The molecule has 1 aliphatic carbocycles. The van der Waals surface area contributed by atoms with Gasteiger partial charge >= 0.3 is 0 Å². The lowest BCUT2D eigenvalue weighted by Gasteiger charge is -2.38. The molecule has 1 unspecified atom stereocenters. The third kappa shape index (κ3) is 3.15. The average Bonchev–Trinajstić information content (AvgIpc) is 2.15. The quantitative estimate of drug-likeness (QED) is 0.579. The van der Waals surface area contributed by atoms with Gasteiger partial charge in [-0.15, -0.1) is 11.6 Å². The van der Waals surface area contributed by atoms with Gasteiger partial charge in [-0.2, -0.15) is 0 Å².